The molecule has 0 bridgehead atoms. The van der Waals surface area contributed by atoms with Crippen LogP contribution in [0.25, 0.3) is 0 Å². The summed E-state index contributed by atoms with van der Waals surface area (Å²) in [6.45, 7) is 5.51. The van der Waals surface area contributed by atoms with Crippen LogP contribution in [0, 0.1) is 0 Å². The fraction of sp³-hybridized carbons (Fsp3) is 0.800. The van der Waals surface area contributed by atoms with Gasteiger partial charge < -0.3 is 14.4 Å². The van der Waals surface area contributed by atoms with E-state index >= 15 is 0 Å². The van der Waals surface area contributed by atoms with E-state index in [2.05, 4.69) is 0 Å². The van der Waals surface area contributed by atoms with Crippen LogP contribution in [0.15, 0.2) is 0 Å². The fourth-order valence-electron chi connectivity index (χ4n) is 2.25. The van der Waals surface area contributed by atoms with Crippen LogP contribution in [-0.2, 0) is 9.53 Å². The topological polar surface area (TPSA) is 46.6 Å². The predicted octanol–water partition coefficient (Wildman–Crippen LogP) is 1.08. The SMILES string of the molecule is [B]C(=O)N1C(CC)C(CC=O)OC1(C)C. The number of hydrogen-bond acceptors (Lipinski definition) is 3. The molecule has 1 rings (SSSR count). The first kappa shape index (κ1) is 12.2. The lowest BCUT2D eigenvalue weighted by atomic mass is 10.00. The molecule has 0 spiro atoms. The van der Waals surface area contributed by atoms with Crippen LogP contribution in [0.1, 0.15) is 33.6 Å². The molecule has 5 heteroatoms. The molecule has 1 fully saturated rings. The summed E-state index contributed by atoms with van der Waals surface area (Å²) in [5, 5.41) is 0. The summed E-state index contributed by atoms with van der Waals surface area (Å²) in [5.41, 5.74) is -0.722. The standard InChI is InChI=1S/C10H16BNO3/c1-4-7-8(5-6-13)15-10(2,3)12(7)9(11)14/h6-8H,4-5H2,1-3H3. The Kier molecular flexibility index (Phi) is 3.55. The molecule has 1 aliphatic heterocycles. The van der Waals surface area contributed by atoms with Gasteiger partial charge in [0.25, 0.3) is 0 Å². The van der Waals surface area contributed by atoms with Crippen LogP contribution in [-0.4, -0.2) is 42.7 Å². The quantitative estimate of drug-likeness (QED) is 0.516. The molecule has 1 amide bonds. The smallest absolute Gasteiger partial charge is 0.200 e. The van der Waals surface area contributed by atoms with Crippen molar-refractivity contribution in [3.8, 4) is 0 Å². The first-order chi connectivity index (χ1) is 6.94. The van der Waals surface area contributed by atoms with Crippen molar-refractivity contribution in [3.05, 3.63) is 0 Å². The van der Waals surface area contributed by atoms with E-state index in [4.69, 9.17) is 12.6 Å². The highest BCUT2D eigenvalue weighted by Gasteiger charge is 2.46. The molecule has 15 heavy (non-hydrogen) atoms. The zero-order chi connectivity index (χ0) is 11.6. The van der Waals surface area contributed by atoms with Gasteiger partial charge >= 0.3 is 0 Å². The number of hydrogen-bond donors (Lipinski definition) is 0. The Morgan fingerprint density at radius 1 is 1.60 bits per heavy atom. The van der Waals surface area contributed by atoms with Crippen LogP contribution in [0.5, 0.6) is 0 Å². The Bertz CT molecular complexity index is 267. The summed E-state index contributed by atoms with van der Waals surface area (Å²) >= 11 is 0. The molecule has 1 saturated heterocycles. The molecule has 0 aromatic carbocycles. The van der Waals surface area contributed by atoms with E-state index in [1.54, 1.807) is 13.8 Å². The van der Waals surface area contributed by atoms with E-state index in [-0.39, 0.29) is 12.1 Å². The monoisotopic (exact) mass is 209 g/mol. The summed E-state index contributed by atoms with van der Waals surface area (Å²) in [6, 6.07) is -0.109. The van der Waals surface area contributed by atoms with Gasteiger partial charge in [0.2, 0.25) is 7.85 Å². The maximum absolute atomic E-state index is 11.3. The first-order valence-corrected chi connectivity index (χ1v) is 5.14. The van der Waals surface area contributed by atoms with Gasteiger partial charge in [-0.05, 0) is 20.3 Å². The lowest BCUT2D eigenvalue weighted by molar-refractivity contribution is -0.112. The molecule has 1 aliphatic rings. The van der Waals surface area contributed by atoms with Gasteiger partial charge in [-0.1, -0.05) is 6.92 Å². The first-order valence-electron chi connectivity index (χ1n) is 5.14. The molecule has 2 atom stereocenters. The normalized spacial score (nSPS) is 29.1. The molecule has 2 radical (unpaired) electrons. The minimum Gasteiger partial charge on any atom is -0.350 e. The van der Waals surface area contributed by atoms with Gasteiger partial charge in [0.05, 0.1) is 12.1 Å². The predicted molar refractivity (Wildman–Crippen MR) is 56.7 cm³/mol. The van der Waals surface area contributed by atoms with E-state index in [0.29, 0.717) is 6.42 Å². The Morgan fingerprint density at radius 2 is 2.20 bits per heavy atom. The number of carbonyl (C=O) groups is 2. The minimum atomic E-state index is -0.722. The molecular weight excluding hydrogens is 193 g/mol. The maximum Gasteiger partial charge on any atom is 0.200 e. The van der Waals surface area contributed by atoms with Gasteiger partial charge in [-0.25, -0.2) is 0 Å². The van der Waals surface area contributed by atoms with Crippen molar-refractivity contribution in [2.75, 3.05) is 0 Å². The van der Waals surface area contributed by atoms with Crippen molar-refractivity contribution in [3.63, 3.8) is 0 Å². The molecule has 82 valence electrons. The highest BCUT2D eigenvalue weighted by molar-refractivity contribution is 6.57. The largest absolute Gasteiger partial charge is 0.350 e. The van der Waals surface area contributed by atoms with Crippen LogP contribution < -0.4 is 0 Å². The lowest BCUT2D eigenvalue weighted by Crippen LogP contribution is -2.47. The number of ether oxygens (including phenoxy) is 1. The number of rotatable bonds is 3. The summed E-state index contributed by atoms with van der Waals surface area (Å²) in [7, 11) is 5.32. The highest BCUT2D eigenvalue weighted by Crippen LogP contribution is 2.34. The van der Waals surface area contributed by atoms with Gasteiger partial charge in [-0.2, -0.15) is 0 Å². The number of carbonyl (C=O) groups excluding carboxylic acids is 2. The molecule has 0 aromatic heterocycles. The van der Waals surface area contributed by atoms with E-state index < -0.39 is 11.5 Å². The second kappa shape index (κ2) is 4.35. The van der Waals surface area contributed by atoms with Crippen LogP contribution >= 0.6 is 0 Å². The number of nitrogens with zero attached hydrogens (tertiary/aromatic N) is 1. The third-order valence-electron chi connectivity index (χ3n) is 2.76. The van der Waals surface area contributed by atoms with Gasteiger partial charge in [-0.3, -0.25) is 4.79 Å². The van der Waals surface area contributed by atoms with Gasteiger partial charge in [0.15, 0.2) is 5.81 Å². The molecular formula is C10H16BNO3. The Morgan fingerprint density at radius 3 is 2.60 bits per heavy atom. The molecule has 0 N–H and O–H groups in total. The van der Waals surface area contributed by atoms with E-state index in [9.17, 15) is 9.59 Å². The summed E-state index contributed by atoms with van der Waals surface area (Å²) < 4.78 is 5.66. The Balaban J connectivity index is 2.92. The third-order valence-corrected chi connectivity index (χ3v) is 2.76. The maximum atomic E-state index is 11.3. The van der Waals surface area contributed by atoms with Crippen molar-refractivity contribution in [1.29, 1.82) is 0 Å². The average molecular weight is 209 g/mol. The molecule has 0 saturated carbocycles. The van der Waals surface area contributed by atoms with Gasteiger partial charge in [0, 0.05) is 6.42 Å². The van der Waals surface area contributed by atoms with Gasteiger partial charge in [-0.15, -0.1) is 0 Å². The zero-order valence-electron chi connectivity index (χ0n) is 9.40. The molecule has 1 heterocycles. The van der Waals surface area contributed by atoms with Crippen LogP contribution in [0.3, 0.4) is 0 Å². The third kappa shape index (κ3) is 2.22. The van der Waals surface area contributed by atoms with Crippen molar-refractivity contribution >= 4 is 19.9 Å². The van der Waals surface area contributed by atoms with E-state index in [0.717, 1.165) is 12.7 Å². The van der Waals surface area contributed by atoms with Crippen LogP contribution in [0.2, 0.25) is 0 Å². The van der Waals surface area contributed by atoms with Gasteiger partial charge in [0.1, 0.15) is 12.0 Å². The van der Waals surface area contributed by atoms with Crippen LogP contribution in [0.4, 0.5) is 4.79 Å². The Hall–Kier alpha value is -0.835. The van der Waals surface area contributed by atoms with E-state index in [1.807, 2.05) is 6.92 Å². The minimum absolute atomic E-state index is 0.109. The van der Waals surface area contributed by atoms with Crippen molar-refractivity contribution < 1.29 is 14.3 Å². The number of amides is 1. The summed E-state index contributed by atoms with van der Waals surface area (Å²) in [4.78, 5) is 23.3. The highest BCUT2D eigenvalue weighted by atomic mass is 16.5. The average Bonchev–Trinajstić information content (AvgIpc) is 2.36. The molecule has 4 nitrogen and oxygen atoms in total. The Labute approximate surface area is 91.4 Å². The number of aldehydes is 1. The van der Waals surface area contributed by atoms with Crippen molar-refractivity contribution in [2.45, 2.75) is 51.5 Å². The van der Waals surface area contributed by atoms with Crippen molar-refractivity contribution in [2.24, 2.45) is 0 Å². The molecule has 2 unspecified atom stereocenters. The second-order valence-electron chi connectivity index (χ2n) is 4.19. The van der Waals surface area contributed by atoms with E-state index in [1.165, 1.54) is 4.90 Å². The fourth-order valence-corrected chi connectivity index (χ4v) is 2.25. The lowest BCUT2D eigenvalue weighted by Gasteiger charge is -2.33. The second-order valence-corrected chi connectivity index (χ2v) is 4.19. The van der Waals surface area contributed by atoms with Crippen molar-refractivity contribution in [1.82, 2.24) is 4.90 Å². The summed E-state index contributed by atoms with van der Waals surface area (Å²) in [5.74, 6) is -0.500. The molecule has 0 aromatic rings. The zero-order valence-corrected chi connectivity index (χ0v) is 9.40. The molecule has 0 aliphatic carbocycles. The summed E-state index contributed by atoms with van der Waals surface area (Å²) in [6.07, 6.45) is 1.60.